The van der Waals surface area contributed by atoms with Crippen LogP contribution < -0.4 is 5.73 Å². The predicted molar refractivity (Wildman–Crippen MR) is 99.6 cm³/mol. The zero-order chi connectivity index (χ0) is 20.0. The SMILES string of the molecule is CC.NC(=O)C(c1ccc(F)cc1)(c1ccccc1F)c1ccccc1F. The molecule has 0 aliphatic heterocycles. The van der Waals surface area contributed by atoms with Gasteiger partial charge in [-0.3, -0.25) is 4.79 Å². The summed E-state index contributed by atoms with van der Waals surface area (Å²) in [5.41, 5.74) is 3.73. The summed E-state index contributed by atoms with van der Waals surface area (Å²) in [6.07, 6.45) is 0. The molecule has 5 heteroatoms. The van der Waals surface area contributed by atoms with Crippen LogP contribution in [0.25, 0.3) is 0 Å². The highest BCUT2D eigenvalue weighted by Crippen LogP contribution is 2.41. The van der Waals surface area contributed by atoms with Crippen LogP contribution in [0.5, 0.6) is 0 Å². The van der Waals surface area contributed by atoms with Gasteiger partial charge < -0.3 is 5.73 Å². The first-order valence-corrected chi connectivity index (χ1v) is 8.54. The maximum Gasteiger partial charge on any atom is 0.237 e. The van der Waals surface area contributed by atoms with Crippen molar-refractivity contribution in [3.63, 3.8) is 0 Å². The number of halogens is 3. The van der Waals surface area contributed by atoms with Crippen molar-refractivity contribution in [2.75, 3.05) is 0 Å². The molecule has 140 valence electrons. The van der Waals surface area contributed by atoms with Crippen molar-refractivity contribution in [1.29, 1.82) is 0 Å². The van der Waals surface area contributed by atoms with E-state index in [1.165, 1.54) is 48.5 Å². The standard InChI is InChI=1S/C20H14F3NO.C2H6/c21-14-11-9-13(10-12-14)20(19(24)25,15-5-1-3-7-17(15)22)16-6-2-4-8-18(16)23;1-2/h1-12H,(H2,24,25);1-2H3. The highest BCUT2D eigenvalue weighted by molar-refractivity contribution is 5.95. The van der Waals surface area contributed by atoms with Crippen LogP contribution in [0.15, 0.2) is 72.8 Å². The zero-order valence-corrected chi connectivity index (χ0v) is 15.0. The van der Waals surface area contributed by atoms with Crippen LogP contribution in [0.4, 0.5) is 13.2 Å². The highest BCUT2D eigenvalue weighted by Gasteiger charge is 2.45. The first-order valence-electron chi connectivity index (χ1n) is 8.54. The monoisotopic (exact) mass is 371 g/mol. The average molecular weight is 371 g/mol. The van der Waals surface area contributed by atoms with Gasteiger partial charge in [-0.15, -0.1) is 0 Å². The largest absolute Gasteiger partial charge is 0.368 e. The Labute approximate surface area is 156 Å². The molecule has 2 nitrogen and oxygen atoms in total. The molecular weight excluding hydrogens is 351 g/mol. The van der Waals surface area contributed by atoms with E-state index in [2.05, 4.69) is 0 Å². The van der Waals surface area contributed by atoms with Gasteiger partial charge in [0.1, 0.15) is 22.9 Å². The molecule has 0 aliphatic rings. The maximum absolute atomic E-state index is 14.6. The molecule has 0 radical (unpaired) electrons. The van der Waals surface area contributed by atoms with E-state index >= 15 is 0 Å². The van der Waals surface area contributed by atoms with Gasteiger partial charge in [0.25, 0.3) is 0 Å². The molecule has 3 aromatic carbocycles. The van der Waals surface area contributed by atoms with Crippen LogP contribution >= 0.6 is 0 Å². The number of benzene rings is 3. The lowest BCUT2D eigenvalue weighted by Gasteiger charge is -2.33. The minimum atomic E-state index is -1.93. The summed E-state index contributed by atoms with van der Waals surface area (Å²) < 4.78 is 42.6. The van der Waals surface area contributed by atoms with Gasteiger partial charge in [-0.05, 0) is 29.8 Å². The third kappa shape index (κ3) is 3.58. The number of carbonyl (C=O) groups is 1. The van der Waals surface area contributed by atoms with Crippen LogP contribution in [-0.4, -0.2) is 5.91 Å². The van der Waals surface area contributed by atoms with Crippen LogP contribution in [0.2, 0.25) is 0 Å². The summed E-state index contributed by atoms with van der Waals surface area (Å²) in [6.45, 7) is 4.00. The topological polar surface area (TPSA) is 43.1 Å². The van der Waals surface area contributed by atoms with Crippen LogP contribution in [0.3, 0.4) is 0 Å². The molecule has 0 saturated heterocycles. The number of hydrogen-bond acceptors (Lipinski definition) is 1. The molecule has 0 bridgehead atoms. The quantitative estimate of drug-likeness (QED) is 0.648. The number of rotatable bonds is 4. The maximum atomic E-state index is 14.6. The van der Waals surface area contributed by atoms with Gasteiger partial charge in [0, 0.05) is 11.1 Å². The van der Waals surface area contributed by atoms with Gasteiger partial charge >= 0.3 is 0 Å². The summed E-state index contributed by atoms with van der Waals surface area (Å²) >= 11 is 0. The number of carbonyl (C=O) groups excluding carboxylic acids is 1. The third-order valence-corrected chi connectivity index (χ3v) is 4.20. The molecule has 2 N–H and O–H groups in total. The second-order valence-corrected chi connectivity index (χ2v) is 5.58. The molecule has 0 spiro atoms. The molecule has 0 heterocycles. The lowest BCUT2D eigenvalue weighted by molar-refractivity contribution is -0.121. The number of amides is 1. The average Bonchev–Trinajstić information content (AvgIpc) is 2.67. The van der Waals surface area contributed by atoms with Crippen molar-refractivity contribution in [3.05, 3.63) is 107 Å². The fourth-order valence-corrected chi connectivity index (χ4v) is 3.09. The van der Waals surface area contributed by atoms with E-state index in [1.54, 1.807) is 0 Å². The lowest BCUT2D eigenvalue weighted by Crippen LogP contribution is -2.44. The fraction of sp³-hybridized carbons (Fsp3) is 0.136. The van der Waals surface area contributed by atoms with Crippen LogP contribution in [0, 0.1) is 17.5 Å². The van der Waals surface area contributed by atoms with Crippen molar-refractivity contribution in [3.8, 4) is 0 Å². The predicted octanol–water partition coefficient (Wildman–Crippen LogP) is 4.95. The van der Waals surface area contributed by atoms with E-state index in [1.807, 2.05) is 13.8 Å². The van der Waals surface area contributed by atoms with Gasteiger partial charge in [-0.25, -0.2) is 13.2 Å². The van der Waals surface area contributed by atoms with Gasteiger partial charge in [-0.1, -0.05) is 62.4 Å². The summed E-state index contributed by atoms with van der Waals surface area (Å²) in [5.74, 6) is -2.93. The Kier molecular flexibility index (Phi) is 6.40. The second kappa shape index (κ2) is 8.54. The Hall–Kier alpha value is -3.08. The smallest absolute Gasteiger partial charge is 0.237 e. The molecular formula is C22H20F3NO. The molecule has 0 unspecified atom stereocenters. The summed E-state index contributed by atoms with van der Waals surface area (Å²) in [7, 11) is 0. The van der Waals surface area contributed by atoms with Gasteiger partial charge in [0.05, 0.1) is 0 Å². The molecule has 0 aliphatic carbocycles. The lowest BCUT2D eigenvalue weighted by atomic mass is 9.68. The molecule has 0 saturated carbocycles. The summed E-state index contributed by atoms with van der Waals surface area (Å²) in [5, 5.41) is 0. The number of hydrogen-bond donors (Lipinski definition) is 1. The van der Waals surface area contributed by atoms with E-state index in [9.17, 15) is 18.0 Å². The molecule has 27 heavy (non-hydrogen) atoms. The Bertz CT molecular complexity index is 877. The van der Waals surface area contributed by atoms with Gasteiger partial charge in [-0.2, -0.15) is 0 Å². The molecule has 0 fully saturated rings. The Morgan fingerprint density at radius 2 is 1.15 bits per heavy atom. The van der Waals surface area contributed by atoms with Crippen molar-refractivity contribution in [2.45, 2.75) is 19.3 Å². The minimum Gasteiger partial charge on any atom is -0.368 e. The second-order valence-electron chi connectivity index (χ2n) is 5.58. The van der Waals surface area contributed by atoms with Crippen molar-refractivity contribution >= 4 is 5.91 Å². The van der Waals surface area contributed by atoms with E-state index in [-0.39, 0.29) is 16.7 Å². The minimum absolute atomic E-state index is 0.0980. The number of primary amides is 1. The molecule has 0 atom stereocenters. The van der Waals surface area contributed by atoms with Gasteiger partial charge in [0.15, 0.2) is 0 Å². The molecule has 3 rings (SSSR count). The summed E-state index contributed by atoms with van der Waals surface area (Å²) in [6, 6.07) is 15.9. The van der Waals surface area contributed by atoms with E-state index in [4.69, 9.17) is 5.73 Å². The van der Waals surface area contributed by atoms with Crippen molar-refractivity contribution in [1.82, 2.24) is 0 Å². The first-order chi connectivity index (χ1) is 13.0. The zero-order valence-electron chi connectivity index (χ0n) is 15.0. The summed E-state index contributed by atoms with van der Waals surface area (Å²) in [4.78, 5) is 12.6. The molecule has 0 aromatic heterocycles. The fourth-order valence-electron chi connectivity index (χ4n) is 3.09. The van der Waals surface area contributed by atoms with Crippen LogP contribution in [0.1, 0.15) is 30.5 Å². The first kappa shape index (κ1) is 20.2. The Morgan fingerprint density at radius 1 is 0.741 bits per heavy atom. The van der Waals surface area contributed by atoms with Gasteiger partial charge in [0.2, 0.25) is 5.91 Å². The van der Waals surface area contributed by atoms with E-state index in [0.717, 1.165) is 24.3 Å². The van der Waals surface area contributed by atoms with Crippen molar-refractivity contribution in [2.24, 2.45) is 5.73 Å². The van der Waals surface area contributed by atoms with E-state index < -0.39 is 28.8 Å². The Morgan fingerprint density at radius 3 is 1.52 bits per heavy atom. The third-order valence-electron chi connectivity index (χ3n) is 4.20. The molecule has 3 aromatic rings. The number of nitrogens with two attached hydrogens (primary N) is 1. The highest BCUT2D eigenvalue weighted by atomic mass is 19.1. The van der Waals surface area contributed by atoms with Crippen molar-refractivity contribution < 1.29 is 18.0 Å². The van der Waals surface area contributed by atoms with E-state index in [0.29, 0.717) is 0 Å². The normalized spacial score (nSPS) is 10.7. The molecule has 1 amide bonds. The Balaban J connectivity index is 0.00000126. The van der Waals surface area contributed by atoms with Crippen LogP contribution in [-0.2, 0) is 10.2 Å².